The fraction of sp³-hybridized carbons (Fsp3) is 0.364. The second-order valence-corrected chi connectivity index (χ2v) is 11.2. The maximum absolute atomic E-state index is 13.5. The Labute approximate surface area is 190 Å². The van der Waals surface area contributed by atoms with Crippen LogP contribution in [0.3, 0.4) is 0 Å². The van der Waals surface area contributed by atoms with E-state index in [0.29, 0.717) is 28.9 Å². The molecule has 9 heteroatoms. The Balaban J connectivity index is 1.72. The van der Waals surface area contributed by atoms with Gasteiger partial charge in [-0.25, -0.2) is 13.4 Å². The van der Waals surface area contributed by atoms with Gasteiger partial charge in [-0.3, -0.25) is 9.69 Å². The number of anilines is 1. The summed E-state index contributed by atoms with van der Waals surface area (Å²) < 4.78 is 30.8. The zero-order valence-corrected chi connectivity index (χ0v) is 19.7. The minimum atomic E-state index is -3.33. The van der Waals surface area contributed by atoms with Crippen LogP contribution >= 0.6 is 22.9 Å². The molecule has 2 heterocycles. The monoisotopic (exact) mass is 478 g/mol. The van der Waals surface area contributed by atoms with Crippen molar-refractivity contribution in [1.29, 1.82) is 0 Å². The standard InChI is InChI=1S/C22H23ClN2O4S2/c1-3-31(27,28)17-9-7-15(8-10-17)21(26)25(13-16-5-4-12-29-16)22-24-19-14(2)6-11-18(23)20(19)30-22/h6-11,16H,3-5,12-13H2,1-2H3. The summed E-state index contributed by atoms with van der Waals surface area (Å²) in [5.41, 5.74) is 2.16. The first-order valence-corrected chi connectivity index (χ1v) is 13.0. The van der Waals surface area contributed by atoms with Gasteiger partial charge in [-0.2, -0.15) is 0 Å². The third kappa shape index (κ3) is 4.48. The summed E-state index contributed by atoms with van der Waals surface area (Å²) in [4.78, 5) is 20.0. The van der Waals surface area contributed by atoms with Gasteiger partial charge in [0.15, 0.2) is 15.0 Å². The van der Waals surface area contributed by atoms with Gasteiger partial charge in [-0.15, -0.1) is 0 Å². The van der Waals surface area contributed by atoms with Crippen molar-refractivity contribution < 1.29 is 17.9 Å². The van der Waals surface area contributed by atoms with Crippen molar-refractivity contribution in [2.75, 3.05) is 23.8 Å². The van der Waals surface area contributed by atoms with E-state index in [4.69, 9.17) is 21.3 Å². The second-order valence-electron chi connectivity index (χ2n) is 7.52. The predicted octanol–water partition coefficient (Wildman–Crippen LogP) is 4.88. The molecule has 0 radical (unpaired) electrons. The predicted molar refractivity (Wildman–Crippen MR) is 124 cm³/mol. The topological polar surface area (TPSA) is 76.6 Å². The number of ether oxygens (including phenoxy) is 1. The number of benzene rings is 2. The third-order valence-electron chi connectivity index (χ3n) is 5.41. The third-order valence-corrected chi connectivity index (χ3v) is 8.70. The first-order valence-electron chi connectivity index (χ1n) is 10.1. The molecular formula is C22H23ClN2O4S2. The largest absolute Gasteiger partial charge is 0.376 e. The summed E-state index contributed by atoms with van der Waals surface area (Å²) in [6, 6.07) is 9.82. The molecule has 1 unspecified atom stereocenters. The Morgan fingerprint density at radius 2 is 2.00 bits per heavy atom. The Morgan fingerprint density at radius 1 is 1.26 bits per heavy atom. The van der Waals surface area contributed by atoms with E-state index in [1.165, 1.54) is 23.5 Å². The van der Waals surface area contributed by atoms with Crippen LogP contribution in [0.1, 0.15) is 35.7 Å². The van der Waals surface area contributed by atoms with E-state index in [1.807, 2.05) is 19.1 Å². The van der Waals surface area contributed by atoms with E-state index in [0.717, 1.165) is 28.6 Å². The van der Waals surface area contributed by atoms with Crippen LogP contribution in [-0.2, 0) is 14.6 Å². The highest BCUT2D eigenvalue weighted by atomic mass is 35.5. The van der Waals surface area contributed by atoms with Gasteiger partial charge in [0.05, 0.1) is 38.5 Å². The van der Waals surface area contributed by atoms with Crippen LogP contribution < -0.4 is 4.90 Å². The molecular weight excluding hydrogens is 456 g/mol. The second kappa shape index (κ2) is 8.86. The lowest BCUT2D eigenvalue weighted by molar-refractivity contribution is 0.0917. The van der Waals surface area contributed by atoms with Gasteiger partial charge in [-0.05, 0) is 55.7 Å². The molecule has 1 atom stereocenters. The number of rotatable bonds is 6. The fourth-order valence-corrected chi connectivity index (χ4v) is 5.78. The van der Waals surface area contributed by atoms with E-state index >= 15 is 0 Å². The zero-order chi connectivity index (χ0) is 22.2. The summed E-state index contributed by atoms with van der Waals surface area (Å²) in [6.45, 7) is 4.62. The molecule has 0 spiro atoms. The maximum Gasteiger partial charge on any atom is 0.260 e. The molecule has 1 saturated heterocycles. The van der Waals surface area contributed by atoms with E-state index in [2.05, 4.69) is 0 Å². The average molecular weight is 479 g/mol. The highest BCUT2D eigenvalue weighted by Crippen LogP contribution is 2.36. The fourth-order valence-electron chi connectivity index (χ4n) is 3.57. The van der Waals surface area contributed by atoms with Crippen molar-refractivity contribution in [3.63, 3.8) is 0 Å². The summed E-state index contributed by atoms with van der Waals surface area (Å²) in [5, 5.41) is 1.15. The number of carbonyl (C=O) groups is 1. The van der Waals surface area contributed by atoms with Crippen LogP contribution in [-0.4, -0.2) is 44.3 Å². The number of amides is 1. The van der Waals surface area contributed by atoms with Gasteiger partial charge in [0.2, 0.25) is 0 Å². The lowest BCUT2D eigenvalue weighted by Crippen LogP contribution is -2.37. The molecule has 4 rings (SSSR count). The number of aromatic nitrogens is 1. The van der Waals surface area contributed by atoms with E-state index < -0.39 is 9.84 Å². The number of aryl methyl sites for hydroxylation is 1. The molecule has 1 aromatic heterocycles. The van der Waals surface area contributed by atoms with Crippen LogP contribution in [0.4, 0.5) is 5.13 Å². The van der Waals surface area contributed by atoms with Crippen LogP contribution in [0.15, 0.2) is 41.3 Å². The lowest BCUT2D eigenvalue weighted by Gasteiger charge is -2.23. The SMILES string of the molecule is CCS(=O)(=O)c1ccc(C(=O)N(CC2CCCO2)c2nc3c(C)ccc(Cl)c3s2)cc1. The van der Waals surface area contributed by atoms with Crippen molar-refractivity contribution in [1.82, 2.24) is 4.98 Å². The van der Waals surface area contributed by atoms with Gasteiger partial charge < -0.3 is 4.74 Å². The molecule has 1 fully saturated rings. The smallest absolute Gasteiger partial charge is 0.260 e. The van der Waals surface area contributed by atoms with Crippen LogP contribution in [0, 0.1) is 6.92 Å². The number of thiazole rings is 1. The Hall–Kier alpha value is -2.00. The quantitative estimate of drug-likeness (QED) is 0.504. The van der Waals surface area contributed by atoms with Crippen LogP contribution in [0.2, 0.25) is 5.02 Å². The molecule has 0 N–H and O–H groups in total. The summed E-state index contributed by atoms with van der Waals surface area (Å²) in [6.07, 6.45) is 1.77. The highest BCUT2D eigenvalue weighted by Gasteiger charge is 2.28. The molecule has 3 aromatic rings. The van der Waals surface area contributed by atoms with Gasteiger partial charge >= 0.3 is 0 Å². The number of nitrogens with zero attached hydrogens (tertiary/aromatic N) is 2. The van der Waals surface area contributed by atoms with Gasteiger partial charge in [0.1, 0.15) is 0 Å². The molecule has 1 aliphatic rings. The molecule has 31 heavy (non-hydrogen) atoms. The maximum atomic E-state index is 13.5. The molecule has 0 aliphatic carbocycles. The van der Waals surface area contributed by atoms with E-state index in [1.54, 1.807) is 24.0 Å². The first kappa shape index (κ1) is 22.2. The van der Waals surface area contributed by atoms with Gasteiger partial charge in [0.25, 0.3) is 5.91 Å². The highest BCUT2D eigenvalue weighted by molar-refractivity contribution is 7.91. The molecule has 164 valence electrons. The Bertz CT molecular complexity index is 1180. The number of hydrogen-bond donors (Lipinski definition) is 0. The van der Waals surface area contributed by atoms with Gasteiger partial charge in [0, 0.05) is 12.2 Å². The number of sulfone groups is 1. The van der Waals surface area contributed by atoms with Crippen molar-refractivity contribution in [3.8, 4) is 0 Å². The minimum absolute atomic E-state index is 0.0112. The van der Waals surface area contributed by atoms with Crippen molar-refractivity contribution in [3.05, 3.63) is 52.5 Å². The number of carbonyl (C=O) groups excluding carboxylic acids is 1. The lowest BCUT2D eigenvalue weighted by atomic mass is 10.2. The van der Waals surface area contributed by atoms with Crippen LogP contribution in [0.25, 0.3) is 10.2 Å². The minimum Gasteiger partial charge on any atom is -0.376 e. The summed E-state index contributed by atoms with van der Waals surface area (Å²) >= 11 is 7.75. The first-order chi connectivity index (χ1) is 14.8. The van der Waals surface area contributed by atoms with Gasteiger partial charge in [-0.1, -0.05) is 35.9 Å². The molecule has 2 aromatic carbocycles. The van der Waals surface area contributed by atoms with Crippen molar-refractivity contribution >= 4 is 54.0 Å². The molecule has 1 aliphatic heterocycles. The molecule has 6 nitrogen and oxygen atoms in total. The van der Waals surface area contributed by atoms with E-state index in [-0.39, 0.29) is 22.7 Å². The van der Waals surface area contributed by atoms with Crippen LogP contribution in [0.5, 0.6) is 0 Å². The van der Waals surface area contributed by atoms with Crippen molar-refractivity contribution in [2.24, 2.45) is 0 Å². The number of fused-ring (bicyclic) bond motifs is 1. The molecule has 0 saturated carbocycles. The van der Waals surface area contributed by atoms with Crippen molar-refractivity contribution in [2.45, 2.75) is 37.7 Å². The summed E-state index contributed by atoms with van der Waals surface area (Å²) in [7, 11) is -3.33. The zero-order valence-electron chi connectivity index (χ0n) is 17.3. The molecule has 0 bridgehead atoms. The Kier molecular flexibility index (Phi) is 6.35. The Morgan fingerprint density at radius 3 is 2.61 bits per heavy atom. The summed E-state index contributed by atoms with van der Waals surface area (Å²) in [5.74, 6) is -0.235. The normalized spacial score (nSPS) is 16.7. The number of halogens is 1. The number of hydrogen-bond acceptors (Lipinski definition) is 6. The van der Waals surface area contributed by atoms with E-state index in [9.17, 15) is 13.2 Å². The molecule has 1 amide bonds. The average Bonchev–Trinajstić information content (AvgIpc) is 3.45.